The second-order valence-corrected chi connectivity index (χ2v) is 10.3. The first-order valence-corrected chi connectivity index (χ1v) is 12.7. The van der Waals surface area contributed by atoms with Gasteiger partial charge in [-0.1, -0.05) is 60.7 Å². The minimum Gasteiger partial charge on any atom is -0.389 e. The highest BCUT2D eigenvalue weighted by molar-refractivity contribution is 5.88. The van der Waals surface area contributed by atoms with Crippen molar-refractivity contribution in [1.29, 1.82) is 0 Å². The van der Waals surface area contributed by atoms with Gasteiger partial charge in [-0.25, -0.2) is 9.67 Å². The van der Waals surface area contributed by atoms with Crippen LogP contribution in [0.25, 0.3) is 16.8 Å². The Morgan fingerprint density at radius 1 is 0.946 bits per heavy atom. The van der Waals surface area contributed by atoms with Gasteiger partial charge in [0.05, 0.1) is 11.3 Å². The Morgan fingerprint density at radius 2 is 1.51 bits per heavy atom. The SMILES string of the molecule is Cc1nc(C(N)=O)nn1-c1ccc(Cc2ccc(-c3ccc(CN4CCC[C@@](C)(O)C4)cc3)cc2)cc1. The zero-order chi connectivity index (χ0) is 26.0. The number of likely N-dealkylation sites (tertiary alicyclic amines) is 1. The summed E-state index contributed by atoms with van der Waals surface area (Å²) in [5, 5.41) is 14.5. The van der Waals surface area contributed by atoms with Crippen LogP contribution in [0, 0.1) is 6.92 Å². The van der Waals surface area contributed by atoms with Crippen LogP contribution < -0.4 is 5.73 Å². The van der Waals surface area contributed by atoms with Gasteiger partial charge in [0.1, 0.15) is 5.82 Å². The van der Waals surface area contributed by atoms with Crippen molar-refractivity contribution >= 4 is 5.91 Å². The lowest BCUT2D eigenvalue weighted by molar-refractivity contribution is -0.0181. The van der Waals surface area contributed by atoms with Gasteiger partial charge < -0.3 is 10.8 Å². The molecule has 1 atom stereocenters. The first-order chi connectivity index (χ1) is 17.8. The molecule has 0 unspecified atom stereocenters. The van der Waals surface area contributed by atoms with Crippen LogP contribution in [0.15, 0.2) is 72.8 Å². The number of rotatable bonds is 7. The maximum Gasteiger partial charge on any atom is 0.288 e. The molecule has 0 spiro atoms. The summed E-state index contributed by atoms with van der Waals surface area (Å²) < 4.78 is 1.63. The molecule has 1 aliphatic heterocycles. The zero-order valence-corrected chi connectivity index (χ0v) is 21.4. The van der Waals surface area contributed by atoms with Crippen molar-refractivity contribution in [2.45, 2.75) is 45.3 Å². The third-order valence-corrected chi connectivity index (χ3v) is 6.98. The normalized spacial score (nSPS) is 18.1. The average molecular weight is 496 g/mol. The van der Waals surface area contributed by atoms with Crippen LogP contribution in [-0.4, -0.2) is 49.4 Å². The van der Waals surface area contributed by atoms with E-state index in [0.717, 1.165) is 44.6 Å². The van der Waals surface area contributed by atoms with E-state index in [9.17, 15) is 9.90 Å². The summed E-state index contributed by atoms with van der Waals surface area (Å²) in [6, 6.07) is 25.5. The van der Waals surface area contributed by atoms with Gasteiger partial charge in [0, 0.05) is 13.1 Å². The van der Waals surface area contributed by atoms with Crippen molar-refractivity contribution in [1.82, 2.24) is 19.7 Å². The standard InChI is InChI=1S/C30H33N5O2/c1-21-32-29(28(31)36)33-35(21)27-14-8-23(9-15-27)18-22-4-10-25(11-5-22)26-12-6-24(7-13-26)19-34-17-3-16-30(2,37)20-34/h4-15,37H,3,16-20H2,1-2H3,(H2,31,36)/t30-/m1/s1. The Morgan fingerprint density at radius 3 is 2.05 bits per heavy atom. The van der Waals surface area contributed by atoms with Crippen LogP contribution in [0.3, 0.4) is 0 Å². The average Bonchev–Trinajstić information content (AvgIpc) is 3.27. The molecule has 5 rings (SSSR count). The molecule has 3 aromatic carbocycles. The summed E-state index contributed by atoms with van der Waals surface area (Å²) in [5.74, 6) is 0.00266. The number of aryl methyl sites for hydroxylation is 1. The fraction of sp³-hybridized carbons (Fsp3) is 0.300. The van der Waals surface area contributed by atoms with E-state index >= 15 is 0 Å². The molecular formula is C30H33N5O2. The Hall–Kier alpha value is -3.81. The van der Waals surface area contributed by atoms with Crippen LogP contribution >= 0.6 is 0 Å². The fourth-order valence-corrected chi connectivity index (χ4v) is 5.06. The Balaban J connectivity index is 1.21. The zero-order valence-electron chi connectivity index (χ0n) is 21.4. The number of carbonyl (C=O) groups excluding carboxylic acids is 1. The van der Waals surface area contributed by atoms with E-state index < -0.39 is 11.5 Å². The van der Waals surface area contributed by atoms with Crippen molar-refractivity contribution in [3.05, 3.63) is 101 Å². The van der Waals surface area contributed by atoms with E-state index in [1.807, 2.05) is 19.1 Å². The van der Waals surface area contributed by atoms with E-state index in [2.05, 4.69) is 75.6 Å². The molecule has 0 radical (unpaired) electrons. The highest BCUT2D eigenvalue weighted by atomic mass is 16.3. The number of aliphatic hydroxyl groups is 1. The highest BCUT2D eigenvalue weighted by Crippen LogP contribution is 2.25. The first-order valence-electron chi connectivity index (χ1n) is 12.7. The molecule has 0 bridgehead atoms. The summed E-state index contributed by atoms with van der Waals surface area (Å²) in [6.45, 7) is 6.37. The van der Waals surface area contributed by atoms with Gasteiger partial charge in [0.25, 0.3) is 5.91 Å². The Kier molecular flexibility index (Phi) is 6.91. The molecule has 1 aliphatic rings. The maximum atomic E-state index is 11.4. The van der Waals surface area contributed by atoms with E-state index in [1.165, 1.54) is 27.8 Å². The van der Waals surface area contributed by atoms with Crippen molar-refractivity contribution in [2.24, 2.45) is 5.73 Å². The van der Waals surface area contributed by atoms with Gasteiger partial charge in [-0.05, 0) is 79.6 Å². The van der Waals surface area contributed by atoms with Crippen LogP contribution in [0.4, 0.5) is 0 Å². The van der Waals surface area contributed by atoms with Gasteiger partial charge in [0.15, 0.2) is 0 Å². The van der Waals surface area contributed by atoms with Gasteiger partial charge in [-0.2, -0.15) is 0 Å². The van der Waals surface area contributed by atoms with E-state index in [0.29, 0.717) is 5.82 Å². The molecule has 1 aromatic heterocycles. The monoisotopic (exact) mass is 495 g/mol. The van der Waals surface area contributed by atoms with Crippen molar-refractivity contribution in [2.75, 3.05) is 13.1 Å². The van der Waals surface area contributed by atoms with Crippen LogP contribution in [-0.2, 0) is 13.0 Å². The van der Waals surface area contributed by atoms with Crippen molar-refractivity contribution < 1.29 is 9.90 Å². The van der Waals surface area contributed by atoms with Gasteiger partial charge in [0.2, 0.25) is 5.82 Å². The number of nitrogens with zero attached hydrogens (tertiary/aromatic N) is 4. The minimum atomic E-state index is -0.634. The number of amides is 1. The smallest absolute Gasteiger partial charge is 0.288 e. The molecule has 190 valence electrons. The summed E-state index contributed by atoms with van der Waals surface area (Å²) in [5.41, 5.74) is 11.6. The minimum absolute atomic E-state index is 0.0209. The largest absolute Gasteiger partial charge is 0.389 e. The van der Waals surface area contributed by atoms with Crippen LogP contribution in [0.5, 0.6) is 0 Å². The number of hydrogen-bond acceptors (Lipinski definition) is 5. The van der Waals surface area contributed by atoms with E-state index in [4.69, 9.17) is 5.73 Å². The van der Waals surface area contributed by atoms with Gasteiger partial charge in [-0.3, -0.25) is 9.69 Å². The molecule has 0 aliphatic carbocycles. The first kappa shape index (κ1) is 24.9. The molecule has 7 heteroatoms. The van der Waals surface area contributed by atoms with Crippen molar-refractivity contribution in [3.8, 4) is 16.8 Å². The predicted molar refractivity (Wildman–Crippen MR) is 144 cm³/mol. The van der Waals surface area contributed by atoms with E-state index in [-0.39, 0.29) is 5.82 Å². The Labute approximate surface area is 217 Å². The molecule has 7 nitrogen and oxygen atoms in total. The van der Waals surface area contributed by atoms with Gasteiger partial charge >= 0.3 is 0 Å². The topological polar surface area (TPSA) is 97.3 Å². The lowest BCUT2D eigenvalue weighted by Crippen LogP contribution is -2.45. The summed E-state index contributed by atoms with van der Waals surface area (Å²) in [7, 11) is 0. The maximum absolute atomic E-state index is 11.4. The fourth-order valence-electron chi connectivity index (χ4n) is 5.06. The van der Waals surface area contributed by atoms with Crippen LogP contribution in [0.1, 0.15) is 52.9 Å². The molecule has 1 amide bonds. The lowest BCUT2D eigenvalue weighted by Gasteiger charge is -2.36. The summed E-state index contributed by atoms with van der Waals surface area (Å²) in [6.07, 6.45) is 2.74. The summed E-state index contributed by atoms with van der Waals surface area (Å²) in [4.78, 5) is 17.8. The second-order valence-electron chi connectivity index (χ2n) is 10.3. The molecule has 4 aromatic rings. The molecule has 2 heterocycles. The third kappa shape index (κ3) is 5.96. The predicted octanol–water partition coefficient (Wildman–Crippen LogP) is 4.28. The number of hydrogen-bond donors (Lipinski definition) is 2. The highest BCUT2D eigenvalue weighted by Gasteiger charge is 2.28. The number of carbonyl (C=O) groups is 1. The number of aromatic nitrogens is 3. The summed E-state index contributed by atoms with van der Waals surface area (Å²) >= 11 is 0. The number of primary amides is 1. The Bertz CT molecular complexity index is 1370. The molecule has 3 N–H and O–H groups in total. The van der Waals surface area contributed by atoms with Gasteiger partial charge in [-0.15, -0.1) is 5.10 Å². The quantitative estimate of drug-likeness (QED) is 0.399. The van der Waals surface area contributed by atoms with Crippen molar-refractivity contribution in [3.63, 3.8) is 0 Å². The molecule has 37 heavy (non-hydrogen) atoms. The lowest BCUT2D eigenvalue weighted by atomic mass is 9.94. The van der Waals surface area contributed by atoms with E-state index in [1.54, 1.807) is 11.6 Å². The number of β-amino-alcohol motifs (C(OH)–C–C–N with tert-alkyl or cyclic N) is 1. The molecule has 1 saturated heterocycles. The number of piperidine rings is 1. The molecule has 1 fully saturated rings. The number of nitrogens with two attached hydrogens (primary N) is 1. The van der Waals surface area contributed by atoms with Crippen LogP contribution in [0.2, 0.25) is 0 Å². The number of benzene rings is 3. The molecular weight excluding hydrogens is 462 g/mol. The molecule has 0 saturated carbocycles. The second kappa shape index (κ2) is 10.3. The third-order valence-electron chi connectivity index (χ3n) is 6.98.